The first kappa shape index (κ1) is 31.4. The summed E-state index contributed by atoms with van der Waals surface area (Å²) >= 11 is 0. The number of ketones is 1. The van der Waals surface area contributed by atoms with Gasteiger partial charge in [0.25, 0.3) is 0 Å². The summed E-state index contributed by atoms with van der Waals surface area (Å²) in [5.41, 5.74) is 1.11. The molecule has 4 N–H and O–H groups in total. The van der Waals surface area contributed by atoms with Gasteiger partial charge in [-0.25, -0.2) is 8.78 Å². The predicted molar refractivity (Wildman–Crippen MR) is 144 cm³/mol. The zero-order valence-corrected chi connectivity index (χ0v) is 23.1. The van der Waals surface area contributed by atoms with Crippen LogP contribution in [0.1, 0.15) is 37.7 Å². The van der Waals surface area contributed by atoms with Crippen molar-refractivity contribution in [2.45, 2.75) is 51.1 Å². The third-order valence-corrected chi connectivity index (χ3v) is 7.31. The molecule has 2 aromatic rings. The average molecular weight is 607 g/mol. The summed E-state index contributed by atoms with van der Waals surface area (Å²) in [4.78, 5) is 63.9. The quantitative estimate of drug-likeness (QED) is 0.166. The number of amides is 4. The van der Waals surface area contributed by atoms with Gasteiger partial charge < -0.3 is 26.0 Å². The Balaban J connectivity index is 1.47. The molecule has 1 aliphatic heterocycles. The molecule has 2 aliphatic rings. The van der Waals surface area contributed by atoms with Crippen molar-refractivity contribution in [3.8, 4) is 5.75 Å². The van der Waals surface area contributed by atoms with Crippen molar-refractivity contribution in [2.75, 3.05) is 18.5 Å². The largest absolute Gasteiger partial charge is 0.479 e. The van der Waals surface area contributed by atoms with E-state index < -0.39 is 77.1 Å². The summed E-state index contributed by atoms with van der Waals surface area (Å²) in [7, 11) is 0. The Morgan fingerprint density at radius 1 is 0.930 bits per heavy atom. The predicted octanol–water partition coefficient (Wildman–Crippen LogP) is 2.43. The first-order valence-electron chi connectivity index (χ1n) is 13.7. The van der Waals surface area contributed by atoms with Gasteiger partial charge in [-0.15, -0.1) is 0 Å². The summed E-state index contributed by atoms with van der Waals surface area (Å²) in [5.74, 6) is -13.5. The monoisotopic (exact) mass is 606 g/mol. The first-order valence-corrected chi connectivity index (χ1v) is 13.7. The van der Waals surface area contributed by atoms with Crippen LogP contribution in [0.4, 0.5) is 23.2 Å². The number of benzene rings is 2. The molecule has 0 aromatic heterocycles. The van der Waals surface area contributed by atoms with Gasteiger partial charge in [-0.3, -0.25) is 24.0 Å². The van der Waals surface area contributed by atoms with Gasteiger partial charge in [0.2, 0.25) is 23.4 Å². The molecule has 0 unspecified atom stereocenters. The number of para-hydroxylation sites is 1. The molecule has 0 radical (unpaired) electrons. The Bertz CT molecular complexity index is 1410. The molecule has 1 saturated carbocycles. The van der Waals surface area contributed by atoms with Crippen LogP contribution < -0.4 is 26.0 Å². The van der Waals surface area contributed by atoms with Crippen LogP contribution in [0.2, 0.25) is 0 Å². The van der Waals surface area contributed by atoms with Gasteiger partial charge >= 0.3 is 11.8 Å². The number of ether oxygens (including phenoxy) is 1. The van der Waals surface area contributed by atoms with E-state index >= 15 is 0 Å². The maximum absolute atomic E-state index is 14.0. The fourth-order valence-electron chi connectivity index (χ4n) is 4.65. The molecule has 230 valence electrons. The van der Waals surface area contributed by atoms with E-state index in [2.05, 4.69) is 21.3 Å². The molecule has 3 atom stereocenters. The minimum Gasteiger partial charge on any atom is -0.479 e. The zero-order valence-electron chi connectivity index (χ0n) is 23.1. The number of carbonyl (C=O) groups excluding carboxylic acids is 5. The van der Waals surface area contributed by atoms with Crippen LogP contribution in [0.15, 0.2) is 30.3 Å². The highest BCUT2D eigenvalue weighted by Gasteiger charge is 2.36. The van der Waals surface area contributed by atoms with Gasteiger partial charge in [-0.1, -0.05) is 31.0 Å². The topological polar surface area (TPSA) is 143 Å². The number of halogens is 4. The molecular formula is C29H30F4N4O6. The van der Waals surface area contributed by atoms with Gasteiger partial charge in [0, 0.05) is 24.2 Å². The Morgan fingerprint density at radius 3 is 2.21 bits per heavy atom. The number of Topliss-reactive ketones (excluding diaryl/α,β-unsaturated/α-hetero) is 1. The van der Waals surface area contributed by atoms with E-state index in [0.717, 1.165) is 12.8 Å². The number of hydrogen-bond acceptors (Lipinski definition) is 6. The SMILES string of the molecule is Cc1ccccc1NC(=O)C(=O)N[C@@H](CC1CC1)C(=O)N[C@@H](C[C@@H]1CCNC1=O)C(=O)COc1c(F)c(F)cc(F)c1F. The minimum absolute atomic E-state index is 0.0172. The number of rotatable bonds is 12. The van der Waals surface area contributed by atoms with E-state index in [1.165, 1.54) is 0 Å². The Labute approximate surface area is 243 Å². The van der Waals surface area contributed by atoms with Crippen LogP contribution >= 0.6 is 0 Å². The van der Waals surface area contributed by atoms with Crippen molar-refractivity contribution in [2.24, 2.45) is 11.8 Å². The van der Waals surface area contributed by atoms with E-state index in [4.69, 9.17) is 4.74 Å². The third kappa shape index (κ3) is 8.08. The highest BCUT2D eigenvalue weighted by Crippen LogP contribution is 2.33. The van der Waals surface area contributed by atoms with Crippen molar-refractivity contribution in [1.82, 2.24) is 16.0 Å². The highest BCUT2D eigenvalue weighted by molar-refractivity contribution is 6.40. The second-order valence-corrected chi connectivity index (χ2v) is 10.6. The van der Waals surface area contributed by atoms with Crippen LogP contribution in [0.5, 0.6) is 5.75 Å². The van der Waals surface area contributed by atoms with Gasteiger partial charge in [-0.2, -0.15) is 8.78 Å². The van der Waals surface area contributed by atoms with E-state index in [0.29, 0.717) is 24.2 Å². The normalized spacial score (nSPS) is 17.4. The van der Waals surface area contributed by atoms with Crippen molar-refractivity contribution >= 4 is 35.1 Å². The summed E-state index contributed by atoms with van der Waals surface area (Å²) in [5, 5.41) is 9.92. The standard InChI is InChI=1S/C29H30F4N4O6/c1-14-4-2-3-5-19(14)35-28(41)29(42)37-21(10-15-6-7-15)27(40)36-20(11-16-8-9-34-26(16)39)22(38)13-43-25-23(32)17(30)12-18(31)24(25)33/h2-5,12,15-16,20-21H,6-11,13H2,1H3,(H,34,39)(H,35,41)(H,36,40)(H,37,42)/t16-,20-,21-/m0/s1. The van der Waals surface area contributed by atoms with E-state index in [-0.39, 0.29) is 30.7 Å². The van der Waals surface area contributed by atoms with Crippen molar-refractivity contribution in [3.05, 3.63) is 59.2 Å². The van der Waals surface area contributed by atoms with Crippen LogP contribution in [0.3, 0.4) is 0 Å². The van der Waals surface area contributed by atoms with E-state index in [9.17, 15) is 41.5 Å². The van der Waals surface area contributed by atoms with Crippen molar-refractivity contribution < 1.29 is 46.3 Å². The fraction of sp³-hybridized carbons (Fsp3) is 0.414. The molecule has 0 bridgehead atoms. The number of anilines is 1. The lowest BCUT2D eigenvalue weighted by Crippen LogP contribution is -2.54. The molecule has 10 nitrogen and oxygen atoms in total. The number of aryl methyl sites for hydroxylation is 1. The molecule has 2 fully saturated rings. The van der Waals surface area contributed by atoms with Crippen molar-refractivity contribution in [3.63, 3.8) is 0 Å². The molecule has 14 heteroatoms. The molecule has 43 heavy (non-hydrogen) atoms. The van der Waals surface area contributed by atoms with Crippen LogP contribution in [-0.4, -0.2) is 54.6 Å². The number of carbonyl (C=O) groups is 5. The maximum Gasteiger partial charge on any atom is 0.313 e. The average Bonchev–Trinajstić information content (AvgIpc) is 3.70. The fourth-order valence-corrected chi connectivity index (χ4v) is 4.65. The van der Waals surface area contributed by atoms with Crippen LogP contribution in [-0.2, 0) is 24.0 Å². The highest BCUT2D eigenvalue weighted by atomic mass is 19.2. The van der Waals surface area contributed by atoms with Crippen molar-refractivity contribution in [1.29, 1.82) is 0 Å². The molecule has 1 aliphatic carbocycles. The lowest BCUT2D eigenvalue weighted by molar-refractivity contribution is -0.138. The summed E-state index contributed by atoms with van der Waals surface area (Å²) in [6.07, 6.45) is 1.85. The second-order valence-electron chi connectivity index (χ2n) is 10.6. The maximum atomic E-state index is 14.0. The minimum atomic E-state index is -1.85. The lowest BCUT2D eigenvalue weighted by Gasteiger charge is -2.24. The molecule has 4 rings (SSSR count). The van der Waals surface area contributed by atoms with Crippen LogP contribution in [0.25, 0.3) is 0 Å². The lowest BCUT2D eigenvalue weighted by atomic mass is 9.95. The van der Waals surface area contributed by atoms with Gasteiger partial charge in [0.15, 0.2) is 23.2 Å². The number of nitrogens with one attached hydrogen (secondary N) is 4. The first-order chi connectivity index (χ1) is 20.4. The Kier molecular flexibility index (Phi) is 9.99. The van der Waals surface area contributed by atoms with E-state index in [1.54, 1.807) is 31.2 Å². The van der Waals surface area contributed by atoms with Crippen LogP contribution in [0, 0.1) is 42.0 Å². The molecule has 4 amide bonds. The van der Waals surface area contributed by atoms with Gasteiger partial charge in [0.1, 0.15) is 12.6 Å². The summed E-state index contributed by atoms with van der Waals surface area (Å²) in [6, 6.07) is 4.06. The number of hydrogen-bond donors (Lipinski definition) is 4. The van der Waals surface area contributed by atoms with Gasteiger partial charge in [-0.05, 0) is 43.7 Å². The smallest absolute Gasteiger partial charge is 0.313 e. The molecule has 1 saturated heterocycles. The zero-order chi connectivity index (χ0) is 31.3. The Morgan fingerprint density at radius 2 is 1.60 bits per heavy atom. The molecule has 1 heterocycles. The molecule has 2 aromatic carbocycles. The second kappa shape index (κ2) is 13.7. The molecule has 0 spiro atoms. The summed E-state index contributed by atoms with van der Waals surface area (Å²) in [6.45, 7) is 0.953. The van der Waals surface area contributed by atoms with Gasteiger partial charge in [0.05, 0.1) is 6.04 Å². The summed E-state index contributed by atoms with van der Waals surface area (Å²) < 4.78 is 60.0. The molecular weight excluding hydrogens is 576 g/mol. The third-order valence-electron chi connectivity index (χ3n) is 7.31. The van der Waals surface area contributed by atoms with E-state index in [1.807, 2.05) is 0 Å². The Hall–Kier alpha value is -4.49.